The summed E-state index contributed by atoms with van der Waals surface area (Å²) in [7, 11) is -0.944. The highest BCUT2D eigenvalue weighted by atomic mass is 127. The zero-order chi connectivity index (χ0) is 29.2. The van der Waals surface area contributed by atoms with E-state index in [4.69, 9.17) is 22.5 Å². The lowest BCUT2D eigenvalue weighted by atomic mass is 10.0. The molecule has 0 saturated carbocycles. The van der Waals surface area contributed by atoms with E-state index in [0.29, 0.717) is 22.6 Å². The van der Waals surface area contributed by atoms with Gasteiger partial charge in [-0.25, -0.2) is 0 Å². The molecule has 2 aliphatic rings. The van der Waals surface area contributed by atoms with Gasteiger partial charge in [0, 0.05) is 37.2 Å². The molecule has 2 heterocycles. The molecule has 41 heavy (non-hydrogen) atoms. The van der Waals surface area contributed by atoms with Gasteiger partial charge in [0.05, 0.1) is 0 Å². The van der Waals surface area contributed by atoms with Gasteiger partial charge in [-0.05, 0) is 47.9 Å². The normalized spacial score (nSPS) is 22.8. The summed E-state index contributed by atoms with van der Waals surface area (Å²) in [4.78, 5) is 0. The number of benzene rings is 4. The van der Waals surface area contributed by atoms with Crippen LogP contribution in [0.25, 0.3) is 0 Å². The maximum absolute atomic E-state index is 6.78. The molecule has 4 atom stereocenters. The average molecular weight is 750 g/mol. The molecule has 0 nitrogen and oxygen atoms in total. The van der Waals surface area contributed by atoms with E-state index >= 15 is 0 Å². The fourth-order valence-electron chi connectivity index (χ4n) is 5.50. The first-order valence-corrected chi connectivity index (χ1v) is 25.9. The Labute approximate surface area is 274 Å². The van der Waals surface area contributed by atoms with Crippen LogP contribution < -0.4 is 0 Å². The third-order valence-electron chi connectivity index (χ3n) is 7.36. The lowest BCUT2D eigenvalue weighted by Gasteiger charge is -2.19. The summed E-state index contributed by atoms with van der Waals surface area (Å²) in [5.41, 5.74) is 7.27. The molecule has 0 bridgehead atoms. The van der Waals surface area contributed by atoms with Crippen LogP contribution in [0.2, 0.25) is 19.6 Å². The molecule has 0 aromatic heterocycles. The van der Waals surface area contributed by atoms with Crippen molar-refractivity contribution in [1.82, 2.24) is 0 Å². The second kappa shape index (κ2) is 16.4. The number of halogens is 3. The van der Waals surface area contributed by atoms with Crippen LogP contribution in [0.4, 0.5) is 0 Å². The van der Waals surface area contributed by atoms with Crippen molar-refractivity contribution >= 4 is 64.4 Å². The van der Waals surface area contributed by atoms with Crippen molar-refractivity contribution < 1.29 is 0 Å². The highest BCUT2D eigenvalue weighted by Crippen LogP contribution is 2.74. The third kappa shape index (κ3) is 10.2. The van der Waals surface area contributed by atoms with Gasteiger partial charge in [0.2, 0.25) is 0 Å². The van der Waals surface area contributed by atoms with Crippen LogP contribution in [0.1, 0.15) is 70.6 Å². The number of hydrogen-bond acceptors (Lipinski definition) is 0. The summed E-state index contributed by atoms with van der Waals surface area (Å²) in [5, 5.41) is 0. The minimum atomic E-state index is -0.641. The molecule has 0 aliphatic carbocycles. The van der Waals surface area contributed by atoms with E-state index < -0.39 is 20.1 Å². The molecule has 4 aromatic carbocycles. The lowest BCUT2D eigenvalue weighted by molar-refractivity contribution is 0.765. The van der Waals surface area contributed by atoms with Crippen molar-refractivity contribution in [2.45, 2.75) is 68.0 Å². The standard InChI is InChI=1S/2C16H16ClP.C3H9ISi/c2*17-18-15(13-7-3-1-4-8-13)11-12-16(18)14-9-5-2-6-10-14;1-5(2,3)4/h2*1-10,15-16H,11-12H2;1-3H3/t2*15-,16-;/m00./s1. The Balaban J connectivity index is 0.000000163. The van der Waals surface area contributed by atoms with Crippen LogP contribution in [0.3, 0.4) is 0 Å². The van der Waals surface area contributed by atoms with E-state index in [1.807, 2.05) is 0 Å². The zero-order valence-electron chi connectivity index (χ0n) is 24.2. The van der Waals surface area contributed by atoms with Crippen LogP contribution >= 0.6 is 58.8 Å². The van der Waals surface area contributed by atoms with Crippen molar-refractivity contribution in [3.63, 3.8) is 0 Å². The van der Waals surface area contributed by atoms with Gasteiger partial charge < -0.3 is 0 Å². The Kier molecular flexibility index (Phi) is 13.2. The minimum Gasteiger partial charge on any atom is -0.120 e. The van der Waals surface area contributed by atoms with E-state index in [1.165, 1.54) is 47.9 Å². The maximum atomic E-state index is 6.78. The molecule has 6 heteroatoms. The molecule has 0 spiro atoms. The van der Waals surface area contributed by atoms with Gasteiger partial charge in [0.1, 0.15) is 5.57 Å². The molecule has 216 valence electrons. The highest BCUT2D eigenvalue weighted by Gasteiger charge is 2.37. The monoisotopic (exact) mass is 748 g/mol. The smallest absolute Gasteiger partial charge is 0.116 e. The molecule has 0 unspecified atom stereocenters. The van der Waals surface area contributed by atoms with Crippen LogP contribution in [-0.4, -0.2) is 5.57 Å². The van der Waals surface area contributed by atoms with Crippen molar-refractivity contribution in [3.8, 4) is 0 Å². The quantitative estimate of drug-likeness (QED) is 0.0844. The SMILES string of the molecule is C[Si](C)(C)I.ClP1[C@H](c2ccccc2)CC[C@H]1c1ccccc1.ClP1[C@H](c2ccccc2)CC[C@H]1c1ccccc1. The highest BCUT2D eigenvalue weighted by molar-refractivity contribution is 14.1. The molecule has 2 aliphatic heterocycles. The summed E-state index contributed by atoms with van der Waals surface area (Å²) in [6.45, 7) is 6.94. The Hall–Kier alpha value is -0.733. The summed E-state index contributed by atoms with van der Waals surface area (Å²) >= 11 is 16.1. The minimum absolute atomic E-state index is 0.472. The second-order valence-corrected chi connectivity index (χ2v) is 31.7. The largest absolute Gasteiger partial charge is 0.120 e. The molecule has 0 radical (unpaired) electrons. The van der Waals surface area contributed by atoms with E-state index in [-0.39, 0.29) is 0 Å². The fourth-order valence-corrected chi connectivity index (χ4v) is 12.3. The summed E-state index contributed by atoms with van der Waals surface area (Å²) in [6, 6.07) is 43.0. The Morgan fingerprint density at radius 3 is 0.805 bits per heavy atom. The molecule has 0 amide bonds. The third-order valence-corrected chi connectivity index (χ3v) is 14.8. The second-order valence-electron chi connectivity index (χ2n) is 11.6. The number of hydrogen-bond donors (Lipinski definition) is 0. The average Bonchev–Trinajstić information content (AvgIpc) is 3.57. The van der Waals surface area contributed by atoms with Gasteiger partial charge in [-0.15, -0.1) is 21.8 Å². The fraction of sp³-hybridized carbons (Fsp3) is 0.314. The summed E-state index contributed by atoms with van der Waals surface area (Å²) in [5.74, 6) is 0. The summed E-state index contributed by atoms with van der Waals surface area (Å²) < 4.78 is 0. The molecule has 0 N–H and O–H groups in total. The molecule has 6 rings (SSSR count). The van der Waals surface area contributed by atoms with Crippen molar-refractivity contribution in [1.29, 1.82) is 0 Å². The first kappa shape index (κ1) is 33.2. The van der Waals surface area contributed by atoms with Gasteiger partial charge in [-0.3, -0.25) is 0 Å². The first-order valence-electron chi connectivity index (χ1n) is 14.5. The zero-order valence-corrected chi connectivity index (χ0v) is 30.7. The first-order chi connectivity index (χ1) is 19.7. The van der Waals surface area contributed by atoms with Crippen LogP contribution in [0, 0.1) is 0 Å². The van der Waals surface area contributed by atoms with Crippen molar-refractivity contribution in [3.05, 3.63) is 144 Å². The van der Waals surface area contributed by atoms with Crippen LogP contribution in [0.15, 0.2) is 121 Å². The Morgan fingerprint density at radius 2 is 0.634 bits per heavy atom. The predicted octanol–water partition coefficient (Wildman–Crippen LogP) is 14.1. The Bertz CT molecular complexity index is 1090. The topological polar surface area (TPSA) is 0 Å². The Morgan fingerprint density at radius 1 is 0.463 bits per heavy atom. The predicted molar refractivity (Wildman–Crippen MR) is 198 cm³/mol. The summed E-state index contributed by atoms with van der Waals surface area (Å²) in [6.07, 6.45) is 4.88. The molecule has 2 fully saturated rings. The van der Waals surface area contributed by atoms with Gasteiger partial charge in [-0.2, -0.15) is 0 Å². The molecular weight excluding hydrogens is 708 g/mol. The van der Waals surface area contributed by atoms with E-state index in [0.717, 1.165) is 0 Å². The lowest BCUT2D eigenvalue weighted by Crippen LogP contribution is -2.05. The number of rotatable bonds is 4. The van der Waals surface area contributed by atoms with Crippen LogP contribution in [0.5, 0.6) is 0 Å². The van der Waals surface area contributed by atoms with Crippen LogP contribution in [-0.2, 0) is 0 Å². The molecule has 4 aromatic rings. The van der Waals surface area contributed by atoms with Gasteiger partial charge in [-0.1, -0.05) is 163 Å². The molecular formula is C35H41Cl2IP2Si. The van der Waals surface area contributed by atoms with E-state index in [1.54, 1.807) is 0 Å². The van der Waals surface area contributed by atoms with E-state index in [9.17, 15) is 0 Å². The van der Waals surface area contributed by atoms with Crippen molar-refractivity contribution in [2.24, 2.45) is 0 Å². The van der Waals surface area contributed by atoms with Gasteiger partial charge >= 0.3 is 0 Å². The van der Waals surface area contributed by atoms with Gasteiger partial charge in [0.25, 0.3) is 0 Å². The van der Waals surface area contributed by atoms with Gasteiger partial charge in [0.15, 0.2) is 0 Å². The van der Waals surface area contributed by atoms with Crippen molar-refractivity contribution in [2.75, 3.05) is 0 Å². The maximum Gasteiger partial charge on any atom is 0.116 e. The molecule has 2 saturated heterocycles. The van der Waals surface area contributed by atoms with E-state index in [2.05, 4.69) is 163 Å².